The van der Waals surface area contributed by atoms with E-state index in [9.17, 15) is 19.2 Å². The summed E-state index contributed by atoms with van der Waals surface area (Å²) in [5, 5.41) is 8.83. The third-order valence-electron chi connectivity index (χ3n) is 3.04. The van der Waals surface area contributed by atoms with Crippen molar-refractivity contribution in [2.45, 2.75) is 13.0 Å². The van der Waals surface area contributed by atoms with Gasteiger partial charge in [-0.1, -0.05) is 24.3 Å². The zero-order chi connectivity index (χ0) is 14.9. The number of benzene rings is 1. The summed E-state index contributed by atoms with van der Waals surface area (Å²) < 4.78 is 0. The fourth-order valence-corrected chi connectivity index (χ4v) is 1.97. The molecule has 1 aromatic rings. The Morgan fingerprint density at radius 2 is 1.70 bits per heavy atom. The maximum Gasteiger partial charge on any atom is 0.334 e. The molecule has 7 nitrogen and oxygen atoms in total. The van der Waals surface area contributed by atoms with Gasteiger partial charge in [-0.25, -0.2) is 4.79 Å². The van der Waals surface area contributed by atoms with Crippen molar-refractivity contribution in [3.63, 3.8) is 0 Å². The number of hydrogen-bond donors (Lipinski definition) is 1. The molecule has 2 rings (SSSR count). The lowest BCUT2D eigenvalue weighted by atomic mass is 10.0. The molecule has 0 atom stereocenters. The number of rotatable bonds is 4. The van der Waals surface area contributed by atoms with E-state index in [0.29, 0.717) is 11.1 Å². The summed E-state index contributed by atoms with van der Waals surface area (Å²) in [7, 11) is 1.23. The lowest BCUT2D eigenvalue weighted by molar-refractivity contribution is -0.143. The lowest BCUT2D eigenvalue weighted by Gasteiger charge is -2.15. The molecule has 4 amide bonds. The first kappa shape index (κ1) is 13.7. The van der Waals surface area contributed by atoms with Gasteiger partial charge in [-0.2, -0.15) is 0 Å². The Balaban J connectivity index is 2.27. The molecule has 0 unspecified atom stereocenters. The van der Waals surface area contributed by atoms with Gasteiger partial charge in [0.2, 0.25) is 0 Å². The summed E-state index contributed by atoms with van der Waals surface area (Å²) in [5.41, 5.74) is 1.03. The largest absolute Gasteiger partial charge is 0.481 e. The zero-order valence-corrected chi connectivity index (χ0v) is 10.7. The summed E-state index contributed by atoms with van der Waals surface area (Å²) >= 11 is 0. The Bertz CT molecular complexity index is 611. The number of hydrogen-bond acceptors (Lipinski definition) is 4. The Morgan fingerprint density at radius 3 is 2.20 bits per heavy atom. The van der Waals surface area contributed by atoms with E-state index >= 15 is 0 Å². The lowest BCUT2D eigenvalue weighted by Crippen LogP contribution is -2.31. The van der Waals surface area contributed by atoms with Gasteiger partial charge in [0.1, 0.15) is 0 Å². The fourth-order valence-electron chi connectivity index (χ4n) is 1.97. The van der Waals surface area contributed by atoms with Crippen LogP contribution in [0, 0.1) is 0 Å². The molecule has 1 aromatic carbocycles. The first-order valence-corrected chi connectivity index (χ1v) is 5.84. The highest BCUT2D eigenvalue weighted by Gasteiger charge is 2.42. The molecule has 7 heteroatoms. The second-order valence-corrected chi connectivity index (χ2v) is 4.38. The van der Waals surface area contributed by atoms with E-state index in [0.717, 1.165) is 9.80 Å². The van der Waals surface area contributed by atoms with Gasteiger partial charge < -0.3 is 5.11 Å². The van der Waals surface area contributed by atoms with Gasteiger partial charge in [-0.15, -0.1) is 0 Å². The number of imide groups is 2. The molecule has 1 heterocycles. The van der Waals surface area contributed by atoms with Crippen molar-refractivity contribution in [3.05, 3.63) is 35.4 Å². The highest BCUT2D eigenvalue weighted by molar-refractivity contribution is 6.44. The van der Waals surface area contributed by atoms with Crippen LogP contribution in [0.2, 0.25) is 0 Å². The van der Waals surface area contributed by atoms with Crippen LogP contribution in [0.5, 0.6) is 0 Å². The molecule has 1 aliphatic heterocycles. The molecule has 0 bridgehead atoms. The zero-order valence-electron chi connectivity index (χ0n) is 10.7. The van der Waals surface area contributed by atoms with Gasteiger partial charge in [0.25, 0.3) is 0 Å². The highest BCUT2D eigenvalue weighted by Crippen LogP contribution is 2.17. The molecule has 104 valence electrons. The van der Waals surface area contributed by atoms with Crippen molar-refractivity contribution < 1.29 is 24.3 Å². The monoisotopic (exact) mass is 276 g/mol. The van der Waals surface area contributed by atoms with E-state index in [1.165, 1.54) is 7.05 Å². The Kier molecular flexibility index (Phi) is 3.51. The smallest absolute Gasteiger partial charge is 0.334 e. The first-order valence-electron chi connectivity index (χ1n) is 5.84. The van der Waals surface area contributed by atoms with Crippen LogP contribution in [0.4, 0.5) is 4.79 Å². The van der Waals surface area contributed by atoms with Gasteiger partial charge in [-0.3, -0.25) is 24.2 Å². The van der Waals surface area contributed by atoms with Gasteiger partial charge in [0.15, 0.2) is 0 Å². The molecule has 0 spiro atoms. The third-order valence-corrected chi connectivity index (χ3v) is 3.04. The number of aliphatic carboxylic acids is 1. The molecule has 0 saturated carbocycles. The Morgan fingerprint density at radius 1 is 1.10 bits per heavy atom. The normalized spacial score (nSPS) is 15.2. The molecule has 0 aliphatic carbocycles. The summed E-state index contributed by atoms with van der Waals surface area (Å²) in [6.45, 7) is -0.114. The molecule has 0 aromatic heterocycles. The minimum absolute atomic E-state index is 0.114. The summed E-state index contributed by atoms with van der Waals surface area (Å²) in [6, 6.07) is 5.89. The van der Waals surface area contributed by atoms with Gasteiger partial charge >= 0.3 is 23.8 Å². The van der Waals surface area contributed by atoms with Crippen molar-refractivity contribution in [1.29, 1.82) is 0 Å². The van der Waals surface area contributed by atoms with Gasteiger partial charge in [0.05, 0.1) is 13.0 Å². The van der Waals surface area contributed by atoms with Crippen molar-refractivity contribution in [1.82, 2.24) is 9.80 Å². The minimum atomic E-state index is -1.01. The van der Waals surface area contributed by atoms with Crippen LogP contribution >= 0.6 is 0 Å². The summed E-state index contributed by atoms with van der Waals surface area (Å²) in [4.78, 5) is 47.1. The number of carbonyl (C=O) groups excluding carboxylic acids is 3. The predicted octanol–water partition coefficient (Wildman–Crippen LogP) is 0.234. The van der Waals surface area contributed by atoms with E-state index in [2.05, 4.69) is 0 Å². The van der Waals surface area contributed by atoms with Crippen molar-refractivity contribution in [3.8, 4) is 0 Å². The molecule has 0 radical (unpaired) electrons. The predicted molar refractivity (Wildman–Crippen MR) is 66.5 cm³/mol. The number of carboxylic acids is 1. The van der Waals surface area contributed by atoms with Crippen LogP contribution in [-0.2, 0) is 27.3 Å². The van der Waals surface area contributed by atoms with Crippen LogP contribution in [-0.4, -0.2) is 45.8 Å². The second-order valence-electron chi connectivity index (χ2n) is 4.38. The van der Waals surface area contributed by atoms with E-state index in [-0.39, 0.29) is 13.0 Å². The van der Waals surface area contributed by atoms with E-state index in [4.69, 9.17) is 5.11 Å². The average Bonchev–Trinajstić information content (AvgIpc) is 2.58. The third kappa shape index (κ3) is 2.37. The Hall–Kier alpha value is -2.70. The molecule has 1 aliphatic rings. The maximum atomic E-state index is 11.8. The number of urea groups is 1. The fraction of sp³-hybridized carbons (Fsp3) is 0.231. The average molecular weight is 276 g/mol. The van der Waals surface area contributed by atoms with Crippen LogP contribution in [0.3, 0.4) is 0 Å². The minimum Gasteiger partial charge on any atom is -0.481 e. The van der Waals surface area contributed by atoms with E-state index < -0.39 is 23.8 Å². The van der Waals surface area contributed by atoms with Crippen LogP contribution in [0.25, 0.3) is 0 Å². The van der Waals surface area contributed by atoms with Crippen LogP contribution in [0.1, 0.15) is 11.1 Å². The van der Waals surface area contributed by atoms with Gasteiger partial charge in [0, 0.05) is 7.05 Å². The quantitative estimate of drug-likeness (QED) is 0.627. The standard InChI is InChI=1S/C13H12N2O5/c1-14-11(18)12(19)15(13(14)20)7-9-5-3-2-4-8(9)6-10(16)17/h2-5H,6-7H2,1H3,(H,16,17). The maximum absolute atomic E-state index is 11.8. The van der Waals surface area contributed by atoms with Crippen molar-refractivity contribution >= 4 is 23.8 Å². The summed E-state index contributed by atoms with van der Waals surface area (Å²) in [6.07, 6.45) is -0.212. The van der Waals surface area contributed by atoms with Crippen molar-refractivity contribution in [2.75, 3.05) is 7.05 Å². The number of likely N-dealkylation sites (N-methyl/N-ethyl adjacent to an activating group) is 1. The molecule has 20 heavy (non-hydrogen) atoms. The molecule has 1 fully saturated rings. The number of amides is 4. The highest BCUT2D eigenvalue weighted by atomic mass is 16.4. The number of carbonyl (C=O) groups is 4. The molecule has 1 N–H and O–H groups in total. The van der Waals surface area contributed by atoms with Gasteiger partial charge in [-0.05, 0) is 11.1 Å². The molecule has 1 saturated heterocycles. The topological polar surface area (TPSA) is 95.0 Å². The van der Waals surface area contributed by atoms with E-state index in [1.807, 2.05) is 0 Å². The number of carboxylic acid groups (broad SMARTS) is 1. The van der Waals surface area contributed by atoms with Crippen LogP contribution in [0.15, 0.2) is 24.3 Å². The second kappa shape index (κ2) is 5.12. The van der Waals surface area contributed by atoms with Crippen molar-refractivity contribution in [2.24, 2.45) is 0 Å². The molecular weight excluding hydrogens is 264 g/mol. The first-order chi connectivity index (χ1) is 9.41. The SMILES string of the molecule is CN1C(=O)C(=O)N(Cc2ccccc2CC(=O)O)C1=O. The Labute approximate surface area is 114 Å². The van der Waals surface area contributed by atoms with E-state index in [1.54, 1.807) is 24.3 Å². The number of nitrogens with zero attached hydrogens (tertiary/aromatic N) is 2. The van der Waals surface area contributed by atoms with Crippen LogP contribution < -0.4 is 0 Å². The molecular formula is C13H12N2O5. The summed E-state index contributed by atoms with van der Waals surface area (Å²) in [5.74, 6) is -2.79.